The third-order valence-corrected chi connectivity index (χ3v) is 3.38. The topological polar surface area (TPSA) is 29.9 Å². The lowest BCUT2D eigenvalue weighted by molar-refractivity contribution is 0.306. The van der Waals surface area contributed by atoms with Crippen LogP contribution in [0.15, 0.2) is 6.07 Å². The van der Waals surface area contributed by atoms with Crippen molar-refractivity contribution in [3.8, 4) is 0 Å². The van der Waals surface area contributed by atoms with E-state index in [1.54, 1.807) is 0 Å². The van der Waals surface area contributed by atoms with Gasteiger partial charge >= 0.3 is 0 Å². The molecule has 0 saturated carbocycles. The number of rotatable bonds is 7. The Labute approximate surface area is 118 Å². The molecule has 3 nitrogen and oxygen atoms in total. The average Bonchev–Trinajstić information content (AvgIpc) is 2.69. The van der Waals surface area contributed by atoms with Gasteiger partial charge in [0.25, 0.3) is 0 Å². The standard InChI is InChI=1S/C16H31N3/c1-7-13-10-15(19(9-3)18-13)11-14(17-8-2)12-16(4,5)6/h10,14,17H,7-9,11-12H2,1-6H3. The molecule has 0 aliphatic carbocycles. The molecule has 0 bridgehead atoms. The quantitative estimate of drug-likeness (QED) is 0.818. The smallest absolute Gasteiger partial charge is 0.0624 e. The minimum Gasteiger partial charge on any atom is -0.314 e. The van der Waals surface area contributed by atoms with Crippen LogP contribution in [-0.2, 0) is 19.4 Å². The summed E-state index contributed by atoms with van der Waals surface area (Å²) in [6.45, 7) is 15.4. The first-order chi connectivity index (χ1) is 8.89. The van der Waals surface area contributed by atoms with Crippen LogP contribution in [-0.4, -0.2) is 22.4 Å². The maximum atomic E-state index is 4.65. The second-order valence-electron chi connectivity index (χ2n) is 6.52. The highest BCUT2D eigenvalue weighted by Crippen LogP contribution is 2.23. The third-order valence-electron chi connectivity index (χ3n) is 3.38. The lowest BCUT2D eigenvalue weighted by Gasteiger charge is -2.26. The molecule has 0 amide bonds. The number of likely N-dealkylation sites (N-methyl/N-ethyl adjacent to an activating group) is 1. The molecular weight excluding hydrogens is 234 g/mol. The molecule has 110 valence electrons. The van der Waals surface area contributed by atoms with E-state index in [2.05, 4.69) is 62.7 Å². The van der Waals surface area contributed by atoms with Gasteiger partial charge in [0.1, 0.15) is 0 Å². The Morgan fingerprint density at radius 3 is 2.42 bits per heavy atom. The number of nitrogens with zero attached hydrogens (tertiary/aromatic N) is 2. The highest BCUT2D eigenvalue weighted by Gasteiger charge is 2.20. The monoisotopic (exact) mass is 265 g/mol. The summed E-state index contributed by atoms with van der Waals surface area (Å²) in [5, 5.41) is 8.27. The molecule has 1 N–H and O–H groups in total. The predicted molar refractivity (Wildman–Crippen MR) is 82.5 cm³/mol. The van der Waals surface area contributed by atoms with E-state index >= 15 is 0 Å². The second-order valence-corrected chi connectivity index (χ2v) is 6.52. The summed E-state index contributed by atoms with van der Waals surface area (Å²) < 4.78 is 2.16. The van der Waals surface area contributed by atoms with Crippen LogP contribution in [0, 0.1) is 5.41 Å². The summed E-state index contributed by atoms with van der Waals surface area (Å²) in [6, 6.07) is 2.81. The first-order valence-electron chi connectivity index (χ1n) is 7.68. The van der Waals surface area contributed by atoms with Crippen molar-refractivity contribution >= 4 is 0 Å². The van der Waals surface area contributed by atoms with Gasteiger partial charge in [-0.3, -0.25) is 4.68 Å². The fraction of sp³-hybridized carbons (Fsp3) is 0.812. The number of aryl methyl sites for hydroxylation is 2. The van der Waals surface area contributed by atoms with Crippen LogP contribution in [0.2, 0.25) is 0 Å². The Balaban J connectivity index is 2.80. The van der Waals surface area contributed by atoms with Crippen molar-refractivity contribution in [2.45, 2.75) is 73.4 Å². The van der Waals surface area contributed by atoms with Gasteiger partial charge in [-0.1, -0.05) is 34.6 Å². The molecule has 0 saturated heterocycles. The molecule has 0 aliphatic heterocycles. The molecule has 1 heterocycles. The number of aromatic nitrogens is 2. The van der Waals surface area contributed by atoms with E-state index in [1.807, 2.05) is 0 Å². The van der Waals surface area contributed by atoms with Crippen LogP contribution in [0.5, 0.6) is 0 Å². The van der Waals surface area contributed by atoms with Crippen LogP contribution >= 0.6 is 0 Å². The van der Waals surface area contributed by atoms with E-state index in [-0.39, 0.29) is 0 Å². The number of hydrogen-bond donors (Lipinski definition) is 1. The zero-order valence-electron chi connectivity index (χ0n) is 13.6. The third kappa shape index (κ3) is 5.35. The summed E-state index contributed by atoms with van der Waals surface area (Å²) in [7, 11) is 0. The van der Waals surface area contributed by atoms with Crippen LogP contribution in [0.3, 0.4) is 0 Å². The van der Waals surface area contributed by atoms with Crippen molar-refractivity contribution in [3.63, 3.8) is 0 Å². The van der Waals surface area contributed by atoms with E-state index in [0.29, 0.717) is 11.5 Å². The molecule has 1 aromatic rings. The normalized spacial score (nSPS) is 13.8. The molecule has 3 heteroatoms. The zero-order chi connectivity index (χ0) is 14.5. The molecule has 1 unspecified atom stereocenters. The van der Waals surface area contributed by atoms with Crippen molar-refractivity contribution in [3.05, 3.63) is 17.5 Å². The van der Waals surface area contributed by atoms with Gasteiger partial charge in [-0.2, -0.15) is 5.10 Å². The molecule has 0 fully saturated rings. The molecule has 1 atom stereocenters. The minimum atomic E-state index is 0.359. The Kier molecular flexibility index (Phi) is 6.05. The fourth-order valence-corrected chi connectivity index (χ4v) is 2.62. The highest BCUT2D eigenvalue weighted by molar-refractivity contribution is 5.12. The van der Waals surface area contributed by atoms with Crippen LogP contribution in [0.1, 0.15) is 59.4 Å². The largest absolute Gasteiger partial charge is 0.314 e. The van der Waals surface area contributed by atoms with Gasteiger partial charge in [0.15, 0.2) is 0 Å². The van der Waals surface area contributed by atoms with Gasteiger partial charge in [-0.25, -0.2) is 0 Å². The van der Waals surface area contributed by atoms with E-state index in [4.69, 9.17) is 0 Å². The lowest BCUT2D eigenvalue weighted by Crippen LogP contribution is -2.35. The summed E-state index contributed by atoms with van der Waals surface area (Å²) in [6.07, 6.45) is 3.29. The molecule has 0 radical (unpaired) electrons. The van der Waals surface area contributed by atoms with Gasteiger partial charge in [0.2, 0.25) is 0 Å². The molecule has 0 spiro atoms. The van der Waals surface area contributed by atoms with Crippen molar-refractivity contribution in [2.24, 2.45) is 5.41 Å². The van der Waals surface area contributed by atoms with E-state index in [9.17, 15) is 0 Å². The van der Waals surface area contributed by atoms with E-state index in [0.717, 1.165) is 25.9 Å². The van der Waals surface area contributed by atoms with Gasteiger partial charge in [-0.05, 0) is 37.8 Å². The van der Waals surface area contributed by atoms with Gasteiger partial charge < -0.3 is 5.32 Å². The van der Waals surface area contributed by atoms with Gasteiger partial charge in [0.05, 0.1) is 5.69 Å². The van der Waals surface area contributed by atoms with Crippen LogP contribution < -0.4 is 5.32 Å². The SMILES string of the molecule is CCNC(Cc1cc(CC)nn1CC)CC(C)(C)C. The van der Waals surface area contributed by atoms with Crippen molar-refractivity contribution < 1.29 is 0 Å². The van der Waals surface area contributed by atoms with Crippen LogP contribution in [0.4, 0.5) is 0 Å². The van der Waals surface area contributed by atoms with Gasteiger partial charge in [0, 0.05) is 24.7 Å². The second kappa shape index (κ2) is 7.09. The summed E-state index contributed by atoms with van der Waals surface area (Å²) in [5.41, 5.74) is 2.94. The molecule has 1 aromatic heterocycles. The predicted octanol–water partition coefficient (Wildman–Crippen LogP) is 3.42. The minimum absolute atomic E-state index is 0.359. The molecule has 1 rings (SSSR count). The van der Waals surface area contributed by atoms with Crippen molar-refractivity contribution in [2.75, 3.05) is 6.54 Å². The first kappa shape index (κ1) is 16.2. The highest BCUT2D eigenvalue weighted by atomic mass is 15.3. The molecule has 0 aromatic carbocycles. The van der Waals surface area contributed by atoms with E-state index in [1.165, 1.54) is 17.8 Å². The summed E-state index contributed by atoms with van der Waals surface area (Å²) in [5.74, 6) is 0. The van der Waals surface area contributed by atoms with Crippen molar-refractivity contribution in [1.82, 2.24) is 15.1 Å². The fourth-order valence-electron chi connectivity index (χ4n) is 2.62. The summed E-state index contributed by atoms with van der Waals surface area (Å²) >= 11 is 0. The molecule has 19 heavy (non-hydrogen) atoms. The van der Waals surface area contributed by atoms with Gasteiger partial charge in [-0.15, -0.1) is 0 Å². The Hall–Kier alpha value is -0.830. The molecular formula is C16H31N3. The maximum Gasteiger partial charge on any atom is 0.0624 e. The Bertz CT molecular complexity index is 374. The number of nitrogens with one attached hydrogen (secondary N) is 1. The Morgan fingerprint density at radius 1 is 1.26 bits per heavy atom. The van der Waals surface area contributed by atoms with E-state index < -0.39 is 0 Å². The molecule has 0 aliphatic rings. The summed E-state index contributed by atoms with van der Waals surface area (Å²) in [4.78, 5) is 0. The first-order valence-corrected chi connectivity index (χ1v) is 7.68. The van der Waals surface area contributed by atoms with Crippen molar-refractivity contribution in [1.29, 1.82) is 0 Å². The zero-order valence-corrected chi connectivity index (χ0v) is 13.6. The average molecular weight is 265 g/mol. The number of hydrogen-bond acceptors (Lipinski definition) is 2. The Morgan fingerprint density at radius 2 is 1.95 bits per heavy atom. The van der Waals surface area contributed by atoms with Crippen LogP contribution in [0.25, 0.3) is 0 Å². The maximum absolute atomic E-state index is 4.65. The lowest BCUT2D eigenvalue weighted by atomic mass is 9.86.